The van der Waals surface area contributed by atoms with Crippen LogP contribution in [0.25, 0.3) is 11.3 Å². The zero-order valence-corrected chi connectivity index (χ0v) is 18.4. The molecule has 8 heteroatoms. The van der Waals surface area contributed by atoms with E-state index in [0.29, 0.717) is 18.2 Å². The number of hydrogen-bond acceptors (Lipinski definition) is 6. The number of thiazole rings is 1. The third kappa shape index (κ3) is 4.03. The minimum absolute atomic E-state index is 0. The maximum Gasteiger partial charge on any atom is 0.246 e. The first-order valence-electron chi connectivity index (χ1n) is 8.63. The van der Waals surface area contributed by atoms with Crippen LogP contribution in [0.4, 0.5) is 5.13 Å². The molecule has 1 fully saturated rings. The number of carbonyl (C=O) groups is 1. The Morgan fingerprint density at radius 3 is 2.63 bits per heavy atom. The van der Waals surface area contributed by atoms with Crippen molar-refractivity contribution in [2.24, 2.45) is 11.1 Å². The Labute approximate surface area is 174 Å². The number of halogens is 1. The summed E-state index contributed by atoms with van der Waals surface area (Å²) in [7, 11) is 0. The number of nitrogens with two attached hydrogens (primary N) is 1. The Hall–Kier alpha value is -1.12. The largest absolute Gasteiger partial charge is 0.378 e. The van der Waals surface area contributed by atoms with Gasteiger partial charge in [0.15, 0.2) is 5.13 Å². The predicted octanol–water partition coefficient (Wildman–Crippen LogP) is 4.42. The molecule has 3 rings (SSSR count). The molecule has 1 aliphatic carbocycles. The molecule has 0 bridgehead atoms. The van der Waals surface area contributed by atoms with Gasteiger partial charge < -0.3 is 15.8 Å². The van der Waals surface area contributed by atoms with E-state index in [9.17, 15) is 4.79 Å². The molecule has 148 valence electrons. The quantitative estimate of drug-likeness (QED) is 0.667. The van der Waals surface area contributed by atoms with Crippen molar-refractivity contribution in [2.45, 2.75) is 43.7 Å². The molecule has 1 saturated carbocycles. The van der Waals surface area contributed by atoms with E-state index in [2.05, 4.69) is 22.4 Å². The van der Waals surface area contributed by atoms with Crippen LogP contribution in [-0.4, -0.2) is 35.4 Å². The van der Waals surface area contributed by atoms with E-state index in [1.165, 1.54) is 16.2 Å². The molecule has 5 nitrogen and oxygen atoms in total. The van der Waals surface area contributed by atoms with Gasteiger partial charge in [0, 0.05) is 34.3 Å². The lowest BCUT2D eigenvalue weighted by molar-refractivity contribution is -0.166. The van der Waals surface area contributed by atoms with Gasteiger partial charge in [0.05, 0.1) is 11.8 Å². The minimum Gasteiger partial charge on any atom is -0.378 e. The summed E-state index contributed by atoms with van der Waals surface area (Å²) in [4.78, 5) is 18.5. The molecule has 3 N–H and O–H groups in total. The molecule has 0 radical (unpaired) electrons. The van der Waals surface area contributed by atoms with Crippen molar-refractivity contribution in [3.05, 3.63) is 29.6 Å². The van der Waals surface area contributed by atoms with Gasteiger partial charge in [0.1, 0.15) is 5.54 Å². The van der Waals surface area contributed by atoms with Crippen molar-refractivity contribution >= 4 is 46.5 Å². The van der Waals surface area contributed by atoms with E-state index < -0.39 is 11.0 Å². The lowest BCUT2D eigenvalue weighted by Gasteiger charge is -2.57. The van der Waals surface area contributed by atoms with Gasteiger partial charge in [0.25, 0.3) is 0 Å². The van der Waals surface area contributed by atoms with Crippen LogP contribution in [0.15, 0.2) is 34.5 Å². The van der Waals surface area contributed by atoms with Crippen molar-refractivity contribution in [1.29, 1.82) is 0 Å². The fourth-order valence-corrected chi connectivity index (χ4v) is 4.38. The molecular formula is C19H26ClN3O2S2. The molecule has 2 atom stereocenters. The average Bonchev–Trinajstić information content (AvgIpc) is 3.09. The molecule has 2 unspecified atom stereocenters. The fraction of sp³-hybridized carbons (Fsp3) is 0.474. The molecule has 1 aromatic heterocycles. The van der Waals surface area contributed by atoms with Gasteiger partial charge in [-0.3, -0.25) is 4.79 Å². The number of ether oxygens (including phenoxy) is 1. The Bertz CT molecular complexity index is 795. The summed E-state index contributed by atoms with van der Waals surface area (Å²) in [6, 6.07) is 8.21. The predicted molar refractivity (Wildman–Crippen MR) is 116 cm³/mol. The van der Waals surface area contributed by atoms with Crippen LogP contribution in [0.3, 0.4) is 0 Å². The Morgan fingerprint density at radius 1 is 1.41 bits per heavy atom. The summed E-state index contributed by atoms with van der Waals surface area (Å²) in [5.74, 6) is -0.197. The summed E-state index contributed by atoms with van der Waals surface area (Å²) in [6.45, 7) is 6.54. The van der Waals surface area contributed by atoms with Gasteiger partial charge in [-0.2, -0.15) is 0 Å². The number of carbonyl (C=O) groups excluding carboxylic acids is 1. The molecule has 27 heavy (non-hydrogen) atoms. The van der Waals surface area contributed by atoms with Crippen LogP contribution in [0.1, 0.15) is 27.2 Å². The highest BCUT2D eigenvalue weighted by molar-refractivity contribution is 7.98. The third-order valence-electron chi connectivity index (χ3n) is 5.35. The van der Waals surface area contributed by atoms with Gasteiger partial charge in [-0.25, -0.2) is 4.98 Å². The molecule has 1 aromatic carbocycles. The lowest BCUT2D eigenvalue weighted by atomic mass is 9.54. The van der Waals surface area contributed by atoms with E-state index >= 15 is 0 Å². The van der Waals surface area contributed by atoms with Gasteiger partial charge in [0.2, 0.25) is 5.91 Å². The number of aromatic nitrogens is 1. The van der Waals surface area contributed by atoms with Gasteiger partial charge in [-0.05, 0) is 25.3 Å². The molecule has 1 amide bonds. The highest BCUT2D eigenvalue weighted by Crippen LogP contribution is 2.50. The lowest BCUT2D eigenvalue weighted by Crippen LogP contribution is -2.74. The molecule has 0 saturated heterocycles. The van der Waals surface area contributed by atoms with Crippen LogP contribution >= 0.6 is 35.5 Å². The minimum atomic E-state index is -0.946. The zero-order chi connectivity index (χ0) is 18.9. The smallest absolute Gasteiger partial charge is 0.246 e. The Kier molecular flexibility index (Phi) is 6.97. The summed E-state index contributed by atoms with van der Waals surface area (Å²) in [5, 5.41) is 5.41. The van der Waals surface area contributed by atoms with Crippen molar-refractivity contribution in [1.82, 2.24) is 4.98 Å². The second kappa shape index (κ2) is 8.49. The van der Waals surface area contributed by atoms with Crippen LogP contribution in [0, 0.1) is 5.41 Å². The van der Waals surface area contributed by atoms with Crippen LogP contribution < -0.4 is 11.1 Å². The molecular weight excluding hydrogens is 402 g/mol. The van der Waals surface area contributed by atoms with Crippen molar-refractivity contribution in [3.63, 3.8) is 0 Å². The van der Waals surface area contributed by atoms with E-state index in [1.807, 2.05) is 44.5 Å². The fourth-order valence-electron chi connectivity index (χ4n) is 3.25. The van der Waals surface area contributed by atoms with Crippen LogP contribution in [0.5, 0.6) is 0 Å². The van der Waals surface area contributed by atoms with E-state index in [1.54, 1.807) is 11.8 Å². The summed E-state index contributed by atoms with van der Waals surface area (Å²) >= 11 is 3.11. The number of rotatable bonds is 6. The number of nitrogens with zero attached hydrogens (tertiary/aromatic N) is 1. The first-order chi connectivity index (χ1) is 12.3. The Balaban J connectivity index is 0.00000261. The van der Waals surface area contributed by atoms with E-state index in [4.69, 9.17) is 10.5 Å². The molecule has 0 spiro atoms. The average molecular weight is 428 g/mol. The Morgan fingerprint density at radius 2 is 2.07 bits per heavy atom. The number of anilines is 1. The van der Waals surface area contributed by atoms with Crippen LogP contribution in [-0.2, 0) is 9.53 Å². The topological polar surface area (TPSA) is 77.2 Å². The number of amides is 1. The van der Waals surface area contributed by atoms with Gasteiger partial charge in [-0.1, -0.05) is 26.0 Å². The monoisotopic (exact) mass is 427 g/mol. The van der Waals surface area contributed by atoms with E-state index in [-0.39, 0.29) is 24.4 Å². The standard InChI is InChI=1S/C19H25N3O2S2.ClH/c1-5-24-15-10-19(20,18(15,2)3)16(23)22-17-21-14(11-26-17)12-6-8-13(25-4)9-7-12;/h6-9,11,15H,5,10,20H2,1-4H3,(H,21,22,23);1H. The van der Waals surface area contributed by atoms with Gasteiger partial charge >= 0.3 is 0 Å². The summed E-state index contributed by atoms with van der Waals surface area (Å²) in [6.07, 6.45) is 2.57. The molecule has 2 aromatic rings. The zero-order valence-electron chi connectivity index (χ0n) is 15.9. The second-order valence-electron chi connectivity index (χ2n) is 7.06. The normalized spacial score (nSPS) is 23.2. The SMILES string of the molecule is CCOC1CC(N)(C(=O)Nc2nc(-c3ccc(SC)cc3)cs2)C1(C)C.Cl. The summed E-state index contributed by atoms with van der Waals surface area (Å²) < 4.78 is 5.69. The van der Waals surface area contributed by atoms with Crippen molar-refractivity contribution in [2.75, 3.05) is 18.2 Å². The number of thioether (sulfide) groups is 1. The molecule has 1 heterocycles. The van der Waals surface area contributed by atoms with E-state index in [0.717, 1.165) is 11.3 Å². The number of benzene rings is 1. The van der Waals surface area contributed by atoms with Crippen LogP contribution in [0.2, 0.25) is 0 Å². The first kappa shape index (κ1) is 22.2. The number of nitrogens with one attached hydrogen (secondary N) is 1. The molecule has 1 aliphatic rings. The maximum absolute atomic E-state index is 12.8. The number of hydrogen-bond donors (Lipinski definition) is 2. The summed E-state index contributed by atoms with van der Waals surface area (Å²) in [5.41, 5.74) is 6.94. The maximum atomic E-state index is 12.8. The highest BCUT2D eigenvalue weighted by atomic mass is 35.5. The highest BCUT2D eigenvalue weighted by Gasteiger charge is 2.63. The second-order valence-corrected chi connectivity index (χ2v) is 8.80. The van der Waals surface area contributed by atoms with Gasteiger partial charge in [-0.15, -0.1) is 35.5 Å². The van der Waals surface area contributed by atoms with Crippen molar-refractivity contribution < 1.29 is 9.53 Å². The third-order valence-corrected chi connectivity index (χ3v) is 6.85. The van der Waals surface area contributed by atoms with Crippen molar-refractivity contribution in [3.8, 4) is 11.3 Å². The molecule has 0 aliphatic heterocycles. The first-order valence-corrected chi connectivity index (χ1v) is 10.7.